The lowest BCUT2D eigenvalue weighted by atomic mass is 9.70. The van der Waals surface area contributed by atoms with Crippen molar-refractivity contribution in [1.82, 2.24) is 29.7 Å². The van der Waals surface area contributed by atoms with E-state index in [0.717, 1.165) is 44.5 Å². The number of anilines is 3. The van der Waals surface area contributed by atoms with Gasteiger partial charge in [0.25, 0.3) is 5.91 Å². The largest absolute Gasteiger partial charge is 0.375 e. The summed E-state index contributed by atoms with van der Waals surface area (Å²) in [5.74, 6) is -2.84. The number of carbonyl (C=O) groups is 2. The lowest BCUT2D eigenvalue weighted by molar-refractivity contribution is -0.159. The van der Waals surface area contributed by atoms with E-state index in [1.165, 1.54) is 19.9 Å². The molecular weight excluding hydrogens is 722 g/mol. The van der Waals surface area contributed by atoms with Gasteiger partial charge in [-0.15, -0.1) is 0 Å². The van der Waals surface area contributed by atoms with Crippen LogP contribution in [-0.4, -0.2) is 84.8 Å². The van der Waals surface area contributed by atoms with Gasteiger partial charge in [-0.2, -0.15) is 0 Å². The van der Waals surface area contributed by atoms with Crippen molar-refractivity contribution in [3.63, 3.8) is 0 Å². The van der Waals surface area contributed by atoms with E-state index in [-0.39, 0.29) is 52.3 Å². The van der Waals surface area contributed by atoms with Crippen LogP contribution in [0.2, 0.25) is 0 Å². The number of alkyl halides is 1. The molecule has 2 N–H and O–H groups in total. The smallest absolute Gasteiger partial charge is 0.252 e. The van der Waals surface area contributed by atoms with Crippen molar-refractivity contribution in [3.8, 4) is 11.3 Å². The van der Waals surface area contributed by atoms with Gasteiger partial charge in [0.1, 0.15) is 11.7 Å². The number of morpholine rings is 1. The minimum absolute atomic E-state index is 0.00886. The molecule has 2 amide bonds. The molecule has 0 radical (unpaired) electrons. The molecule has 56 heavy (non-hydrogen) atoms. The van der Waals surface area contributed by atoms with Crippen LogP contribution in [0.25, 0.3) is 22.3 Å². The zero-order chi connectivity index (χ0) is 39.6. The first-order chi connectivity index (χ1) is 26.5. The molecule has 3 atom stereocenters. The minimum atomic E-state index is -1.30. The Morgan fingerprint density at radius 2 is 1.77 bits per heavy atom. The summed E-state index contributed by atoms with van der Waals surface area (Å²) in [5.41, 5.74) is 1.20. The SMILES string of the molecule is Cc1c(C(=O)NC2(C(C)F)CC2)cc(Nc2nc(-c3cnc4c(c3)N(C3CC(C)(N5CC6CCC5CO6)C3)C(=O)C4(C)C)cc3ncn(C(C)C)c23)c(F)c1F. The third kappa shape index (κ3) is 5.64. The number of hydrogen-bond acceptors (Lipinski definition) is 8. The number of fused-ring (bicyclic) bond motifs is 5. The second kappa shape index (κ2) is 12.7. The Kier molecular flexibility index (Phi) is 8.42. The molecule has 10 rings (SSSR count). The van der Waals surface area contributed by atoms with Crippen LogP contribution < -0.4 is 15.5 Å². The second-order valence-electron chi connectivity index (χ2n) is 17.8. The molecule has 4 aliphatic heterocycles. The Bertz CT molecular complexity index is 2290. The Balaban J connectivity index is 1.07. The molecule has 5 fully saturated rings. The number of imidazole rings is 1. The summed E-state index contributed by atoms with van der Waals surface area (Å²) in [5, 5.41) is 5.72. The third-order valence-corrected chi connectivity index (χ3v) is 13.3. The van der Waals surface area contributed by atoms with E-state index in [4.69, 9.17) is 14.7 Å². The normalized spacial score (nSPS) is 26.7. The maximum absolute atomic E-state index is 15.8. The van der Waals surface area contributed by atoms with Crippen LogP contribution in [0.3, 0.4) is 0 Å². The number of piperidine rings is 1. The van der Waals surface area contributed by atoms with Gasteiger partial charge in [-0.25, -0.2) is 23.1 Å². The minimum Gasteiger partial charge on any atom is -0.375 e. The highest BCUT2D eigenvalue weighted by Crippen LogP contribution is 2.51. The van der Waals surface area contributed by atoms with Gasteiger partial charge in [0.2, 0.25) is 5.91 Å². The van der Waals surface area contributed by atoms with Gasteiger partial charge in [-0.1, -0.05) is 0 Å². The number of carbonyl (C=O) groups excluding carboxylic acids is 2. The molecule has 14 heteroatoms. The molecule has 0 spiro atoms. The highest BCUT2D eigenvalue weighted by molar-refractivity contribution is 6.08. The van der Waals surface area contributed by atoms with Gasteiger partial charge in [-0.3, -0.25) is 19.5 Å². The first-order valence-electron chi connectivity index (χ1n) is 19.8. The van der Waals surface area contributed by atoms with Crippen molar-refractivity contribution in [2.24, 2.45) is 0 Å². The molecule has 2 bridgehead atoms. The van der Waals surface area contributed by atoms with Crippen LogP contribution in [0, 0.1) is 18.6 Å². The lowest BCUT2D eigenvalue weighted by Gasteiger charge is -2.60. The zero-order valence-electron chi connectivity index (χ0n) is 33.0. The number of rotatable bonds is 9. The van der Waals surface area contributed by atoms with Gasteiger partial charge >= 0.3 is 0 Å². The predicted octanol–water partition coefficient (Wildman–Crippen LogP) is 7.43. The van der Waals surface area contributed by atoms with Crippen molar-refractivity contribution in [2.45, 2.75) is 134 Å². The summed E-state index contributed by atoms with van der Waals surface area (Å²) in [7, 11) is 0. The molecule has 4 aromatic rings. The molecule has 2 saturated carbocycles. The number of pyridine rings is 2. The first kappa shape index (κ1) is 37.0. The summed E-state index contributed by atoms with van der Waals surface area (Å²) in [6.07, 6.45) is 7.22. The van der Waals surface area contributed by atoms with Gasteiger partial charge in [-0.05, 0) is 105 Å². The predicted molar refractivity (Wildman–Crippen MR) is 207 cm³/mol. The lowest BCUT2D eigenvalue weighted by Crippen LogP contribution is -2.69. The Morgan fingerprint density at radius 1 is 1.02 bits per heavy atom. The number of halogens is 3. The molecule has 7 heterocycles. The molecule has 11 nitrogen and oxygen atoms in total. The molecule has 3 unspecified atom stereocenters. The van der Waals surface area contributed by atoms with Crippen molar-refractivity contribution in [3.05, 3.63) is 59.2 Å². The molecule has 3 saturated heterocycles. The zero-order valence-corrected chi connectivity index (χ0v) is 33.0. The molecule has 2 aliphatic carbocycles. The second-order valence-corrected chi connectivity index (χ2v) is 17.8. The highest BCUT2D eigenvalue weighted by Gasteiger charge is 2.57. The van der Waals surface area contributed by atoms with Crippen LogP contribution in [0.4, 0.5) is 30.4 Å². The fraction of sp³-hybridized carbons (Fsp3) is 0.548. The maximum atomic E-state index is 15.8. The van der Waals surface area contributed by atoms with Crippen molar-refractivity contribution >= 4 is 40.0 Å². The number of ether oxygens (including phenoxy) is 1. The Hall–Kier alpha value is -4.56. The molecule has 6 aliphatic rings. The van der Waals surface area contributed by atoms with Crippen molar-refractivity contribution in [2.75, 3.05) is 23.4 Å². The number of nitrogens with zero attached hydrogens (tertiary/aromatic N) is 6. The summed E-state index contributed by atoms with van der Waals surface area (Å²) in [6.45, 7) is 14.5. The number of amides is 2. The van der Waals surface area contributed by atoms with Crippen LogP contribution >= 0.6 is 0 Å². The van der Waals surface area contributed by atoms with Crippen LogP contribution in [0.15, 0.2) is 30.7 Å². The van der Waals surface area contributed by atoms with E-state index in [1.54, 1.807) is 12.5 Å². The third-order valence-electron chi connectivity index (χ3n) is 13.3. The van der Waals surface area contributed by atoms with E-state index < -0.39 is 34.7 Å². The van der Waals surface area contributed by atoms with E-state index in [1.807, 2.05) is 49.3 Å². The number of nitrogens with one attached hydrogen (secondary N) is 2. The number of aromatic nitrogens is 4. The summed E-state index contributed by atoms with van der Waals surface area (Å²) < 4.78 is 53.5. The fourth-order valence-corrected chi connectivity index (χ4v) is 9.63. The monoisotopic (exact) mass is 770 g/mol. The molecular formula is C42H49F3N8O3. The standard InChI is InChI=1S/C42H49F3N8O3/c1-21(2)51-20-47-31-14-29(48-37(35(31)51)49-30-13-28(22(3)33(44)34(30)45)38(54)50-42(10-11-42)23(4)43)24-12-32-36(46-17-24)40(5,6)39(55)53(32)26-15-41(7,16-26)52-18-27-9-8-25(52)19-56-27/h12-14,17,20-21,23,25-27H,8-11,15-16,18-19H2,1-7H3,(H,48,49)(H,50,54). The quantitative estimate of drug-likeness (QED) is 0.181. The fourth-order valence-electron chi connectivity index (χ4n) is 9.63. The van der Waals surface area contributed by atoms with Crippen LogP contribution in [0.5, 0.6) is 0 Å². The molecule has 3 aromatic heterocycles. The van der Waals surface area contributed by atoms with Gasteiger partial charge < -0.3 is 24.8 Å². The van der Waals surface area contributed by atoms with E-state index in [0.29, 0.717) is 46.9 Å². The maximum Gasteiger partial charge on any atom is 0.252 e. The van der Waals surface area contributed by atoms with Crippen LogP contribution in [0.1, 0.15) is 108 Å². The summed E-state index contributed by atoms with van der Waals surface area (Å²) in [4.78, 5) is 46.6. The summed E-state index contributed by atoms with van der Waals surface area (Å²) in [6, 6.07) is 5.38. The molecule has 1 aromatic carbocycles. The van der Waals surface area contributed by atoms with E-state index >= 15 is 8.78 Å². The topological polar surface area (TPSA) is 118 Å². The van der Waals surface area contributed by atoms with E-state index in [2.05, 4.69) is 27.4 Å². The first-order valence-corrected chi connectivity index (χ1v) is 19.8. The van der Waals surface area contributed by atoms with Crippen molar-refractivity contribution in [1.29, 1.82) is 0 Å². The van der Waals surface area contributed by atoms with Gasteiger partial charge in [0, 0.05) is 53.1 Å². The number of benzene rings is 1. The average molecular weight is 771 g/mol. The Labute approximate surface area is 324 Å². The van der Waals surface area contributed by atoms with Gasteiger partial charge in [0.05, 0.1) is 58.3 Å². The van der Waals surface area contributed by atoms with Crippen LogP contribution in [-0.2, 0) is 14.9 Å². The van der Waals surface area contributed by atoms with E-state index in [9.17, 15) is 14.0 Å². The highest BCUT2D eigenvalue weighted by atomic mass is 19.2. The van der Waals surface area contributed by atoms with Crippen molar-refractivity contribution < 1.29 is 27.5 Å². The summed E-state index contributed by atoms with van der Waals surface area (Å²) >= 11 is 0. The Morgan fingerprint density at radius 3 is 2.39 bits per heavy atom. The molecule has 296 valence electrons. The van der Waals surface area contributed by atoms with Gasteiger partial charge in [0.15, 0.2) is 17.5 Å². The average Bonchev–Trinajstić information content (AvgIpc) is 3.77. The number of hydrogen-bond donors (Lipinski definition) is 2.